The molecule has 0 heterocycles. The Bertz CT molecular complexity index is 42.3. The SMILES string of the molecule is COCC(O)OC.[NaH]. The van der Waals surface area contributed by atoms with E-state index in [0.717, 1.165) is 0 Å². The third-order valence-corrected chi connectivity index (χ3v) is 0.581. The maximum atomic E-state index is 8.51. The van der Waals surface area contributed by atoms with Gasteiger partial charge in [0.1, 0.15) is 0 Å². The molecule has 0 saturated carbocycles. The molecule has 46 valence electrons. The van der Waals surface area contributed by atoms with Crippen molar-refractivity contribution >= 4 is 29.6 Å². The monoisotopic (exact) mass is 130 g/mol. The number of aliphatic hydroxyl groups is 1. The first kappa shape index (κ1) is 11.6. The topological polar surface area (TPSA) is 38.7 Å². The van der Waals surface area contributed by atoms with Gasteiger partial charge in [0.2, 0.25) is 0 Å². The van der Waals surface area contributed by atoms with Crippen molar-refractivity contribution < 1.29 is 14.6 Å². The van der Waals surface area contributed by atoms with Gasteiger partial charge in [0.25, 0.3) is 0 Å². The molecule has 0 aliphatic heterocycles. The zero-order valence-corrected chi connectivity index (χ0v) is 4.55. The number of hydrogen-bond donors (Lipinski definition) is 1. The molecular formula is C4H11NaO3. The van der Waals surface area contributed by atoms with Crippen LogP contribution in [0, 0.1) is 0 Å². The third-order valence-electron chi connectivity index (χ3n) is 0.581. The minimum absolute atomic E-state index is 0. The van der Waals surface area contributed by atoms with Crippen molar-refractivity contribution in [2.75, 3.05) is 20.8 Å². The standard InChI is InChI=1S/C4H10O3.Na.H/c1-6-3-4(5)7-2;;/h4-5H,3H2,1-2H3;;. The summed E-state index contributed by atoms with van der Waals surface area (Å²) in [5.74, 6) is 0. The fraction of sp³-hybridized carbons (Fsp3) is 1.00. The van der Waals surface area contributed by atoms with Crippen LogP contribution in [0.2, 0.25) is 0 Å². The Morgan fingerprint density at radius 2 is 2.00 bits per heavy atom. The molecule has 0 aromatic rings. The molecule has 8 heavy (non-hydrogen) atoms. The van der Waals surface area contributed by atoms with Gasteiger partial charge in [-0.1, -0.05) is 0 Å². The fourth-order valence-electron chi connectivity index (χ4n) is 0.211. The van der Waals surface area contributed by atoms with E-state index in [-0.39, 0.29) is 36.2 Å². The predicted octanol–water partition coefficient (Wildman–Crippen LogP) is -1.05. The summed E-state index contributed by atoms with van der Waals surface area (Å²) in [5, 5.41) is 8.51. The molecule has 0 radical (unpaired) electrons. The molecule has 1 atom stereocenters. The zero-order valence-electron chi connectivity index (χ0n) is 4.55. The van der Waals surface area contributed by atoms with E-state index in [4.69, 9.17) is 5.11 Å². The molecule has 0 spiro atoms. The number of aliphatic hydroxyl groups excluding tert-OH is 1. The van der Waals surface area contributed by atoms with E-state index < -0.39 is 6.29 Å². The summed E-state index contributed by atoms with van der Waals surface area (Å²) in [4.78, 5) is 0. The van der Waals surface area contributed by atoms with Gasteiger partial charge in [-0.15, -0.1) is 0 Å². The summed E-state index contributed by atoms with van der Waals surface area (Å²) >= 11 is 0. The van der Waals surface area contributed by atoms with Crippen molar-refractivity contribution in [2.24, 2.45) is 0 Å². The number of methoxy groups -OCH3 is 2. The normalized spacial score (nSPS) is 12.4. The van der Waals surface area contributed by atoms with Gasteiger partial charge >= 0.3 is 29.6 Å². The van der Waals surface area contributed by atoms with Crippen molar-refractivity contribution in [1.29, 1.82) is 0 Å². The number of ether oxygens (including phenoxy) is 2. The quantitative estimate of drug-likeness (QED) is 0.391. The van der Waals surface area contributed by atoms with Gasteiger partial charge in [-0.3, -0.25) is 0 Å². The summed E-state index contributed by atoms with van der Waals surface area (Å²) in [6.07, 6.45) is -0.773. The van der Waals surface area contributed by atoms with Gasteiger partial charge in [-0.25, -0.2) is 0 Å². The summed E-state index contributed by atoms with van der Waals surface area (Å²) in [6, 6.07) is 0. The molecule has 0 aliphatic carbocycles. The molecular weight excluding hydrogens is 119 g/mol. The van der Waals surface area contributed by atoms with Crippen LogP contribution >= 0.6 is 0 Å². The molecule has 0 bridgehead atoms. The van der Waals surface area contributed by atoms with Gasteiger partial charge in [-0.2, -0.15) is 0 Å². The summed E-state index contributed by atoms with van der Waals surface area (Å²) < 4.78 is 8.94. The molecule has 0 rings (SSSR count). The van der Waals surface area contributed by atoms with Gasteiger partial charge < -0.3 is 14.6 Å². The molecule has 0 aliphatic rings. The molecule has 3 nitrogen and oxygen atoms in total. The van der Waals surface area contributed by atoms with Gasteiger partial charge in [-0.05, 0) is 0 Å². The van der Waals surface area contributed by atoms with Crippen molar-refractivity contribution in [2.45, 2.75) is 6.29 Å². The molecule has 0 aromatic carbocycles. The van der Waals surface area contributed by atoms with Crippen LogP contribution < -0.4 is 0 Å². The van der Waals surface area contributed by atoms with E-state index in [0.29, 0.717) is 0 Å². The molecule has 1 unspecified atom stereocenters. The Morgan fingerprint density at radius 3 is 2.12 bits per heavy atom. The van der Waals surface area contributed by atoms with E-state index in [9.17, 15) is 0 Å². The Kier molecular flexibility index (Phi) is 11.5. The first-order valence-corrected chi connectivity index (χ1v) is 2.01. The van der Waals surface area contributed by atoms with Gasteiger partial charge in [0.05, 0.1) is 6.61 Å². The first-order chi connectivity index (χ1) is 3.31. The second-order valence-corrected chi connectivity index (χ2v) is 1.15. The average molecular weight is 130 g/mol. The van der Waals surface area contributed by atoms with Crippen LogP contribution in [-0.4, -0.2) is 61.8 Å². The molecule has 0 saturated heterocycles. The Balaban J connectivity index is 0. The van der Waals surface area contributed by atoms with Crippen LogP contribution in [0.3, 0.4) is 0 Å². The van der Waals surface area contributed by atoms with Crippen molar-refractivity contribution in [3.8, 4) is 0 Å². The van der Waals surface area contributed by atoms with Crippen LogP contribution in [0.5, 0.6) is 0 Å². The van der Waals surface area contributed by atoms with Crippen LogP contribution in [0.1, 0.15) is 0 Å². The van der Waals surface area contributed by atoms with E-state index in [1.165, 1.54) is 14.2 Å². The van der Waals surface area contributed by atoms with Crippen molar-refractivity contribution in [3.05, 3.63) is 0 Å². The van der Waals surface area contributed by atoms with Crippen molar-refractivity contribution in [3.63, 3.8) is 0 Å². The average Bonchev–Trinajstić information content (AvgIpc) is 1.68. The first-order valence-electron chi connectivity index (χ1n) is 2.01. The summed E-state index contributed by atoms with van der Waals surface area (Å²) in [7, 11) is 2.92. The predicted molar refractivity (Wildman–Crippen MR) is 32.0 cm³/mol. The second kappa shape index (κ2) is 7.88. The molecule has 0 fully saturated rings. The molecule has 0 aromatic heterocycles. The zero-order chi connectivity index (χ0) is 5.70. The van der Waals surface area contributed by atoms with Gasteiger partial charge in [0.15, 0.2) is 6.29 Å². The Morgan fingerprint density at radius 1 is 1.50 bits per heavy atom. The fourth-order valence-corrected chi connectivity index (χ4v) is 0.211. The van der Waals surface area contributed by atoms with E-state index in [1.54, 1.807) is 0 Å². The van der Waals surface area contributed by atoms with Crippen LogP contribution in [-0.2, 0) is 9.47 Å². The van der Waals surface area contributed by atoms with E-state index in [2.05, 4.69) is 9.47 Å². The number of hydrogen-bond acceptors (Lipinski definition) is 3. The Hall–Kier alpha value is 0.880. The maximum absolute atomic E-state index is 8.51. The third kappa shape index (κ3) is 6.88. The van der Waals surface area contributed by atoms with E-state index in [1.807, 2.05) is 0 Å². The van der Waals surface area contributed by atoms with Gasteiger partial charge in [0, 0.05) is 14.2 Å². The Labute approximate surface area is 71.3 Å². The van der Waals surface area contributed by atoms with Crippen molar-refractivity contribution in [1.82, 2.24) is 0 Å². The summed E-state index contributed by atoms with van der Waals surface area (Å²) in [6.45, 7) is 0.233. The van der Waals surface area contributed by atoms with E-state index >= 15 is 0 Å². The number of rotatable bonds is 3. The van der Waals surface area contributed by atoms with Crippen LogP contribution in [0.25, 0.3) is 0 Å². The second-order valence-electron chi connectivity index (χ2n) is 1.15. The van der Waals surface area contributed by atoms with Crippen LogP contribution in [0.4, 0.5) is 0 Å². The minimum atomic E-state index is -0.773. The molecule has 1 N–H and O–H groups in total. The van der Waals surface area contributed by atoms with Crippen LogP contribution in [0.15, 0.2) is 0 Å². The molecule has 0 amide bonds. The summed E-state index contributed by atoms with van der Waals surface area (Å²) in [5.41, 5.74) is 0. The molecule has 4 heteroatoms.